The Kier molecular flexibility index (Phi) is 8.88. The van der Waals surface area contributed by atoms with Crippen LogP contribution < -0.4 is 20.9 Å². The minimum Gasteiger partial charge on any atom is -0.371 e. The Morgan fingerprint density at radius 3 is 2.41 bits per heavy atom. The first-order chi connectivity index (χ1) is 26.9. The Labute approximate surface area is 322 Å². The molecule has 0 bridgehead atoms. The Morgan fingerprint density at radius 1 is 0.911 bits per heavy atom. The lowest BCUT2D eigenvalue weighted by Crippen LogP contribution is -2.59. The molecule has 1 saturated carbocycles. The number of amides is 6. The van der Waals surface area contributed by atoms with Crippen molar-refractivity contribution in [3.05, 3.63) is 76.4 Å². The molecule has 15 heteroatoms. The zero-order chi connectivity index (χ0) is 38.9. The number of carbonyl (C=O) groups excluding carboxylic acids is 6. The van der Waals surface area contributed by atoms with Gasteiger partial charge in [0.2, 0.25) is 17.7 Å². The fraction of sp³-hybridized carbons (Fsp3) is 0.415. The molecule has 1 aliphatic carbocycles. The predicted octanol–water partition coefficient (Wildman–Crippen LogP) is 3.36. The average Bonchev–Trinajstić information content (AvgIpc) is 3.76. The number of benzene rings is 2. The molecule has 0 radical (unpaired) electrons. The van der Waals surface area contributed by atoms with Crippen LogP contribution in [0, 0.1) is 18.2 Å². The van der Waals surface area contributed by atoms with Gasteiger partial charge in [-0.1, -0.05) is 0 Å². The topological polar surface area (TPSA) is 167 Å². The molecule has 1 unspecified atom stereocenters. The Bertz CT molecular complexity index is 2230. The van der Waals surface area contributed by atoms with Crippen molar-refractivity contribution < 1.29 is 33.2 Å². The standard InChI is InChI=1S/C41H43FN8O6/c1-23-32(18-29-28-16-24(42)2-5-31(28)45-37(29)53)43-21-33(23)44-36(52)22-47-12-14-49(15-13-47)26-19-41(20-26)8-10-48(11-9-41)25-3-4-27-30(17-25)40(56)50(39(27)55)34-6-7-35(51)46-38(34)54/h2-5,16-18,21,26,34,43H,6-15,19-20,22H2,1H3,(H,44,52)(H,45,53)(H,46,51,54)/b29-18-. The van der Waals surface area contributed by atoms with E-state index >= 15 is 0 Å². The number of nitrogens with zero attached hydrogens (tertiary/aromatic N) is 4. The Balaban J connectivity index is 0.731. The maximum atomic E-state index is 13.9. The van der Waals surface area contributed by atoms with E-state index in [4.69, 9.17) is 0 Å². The minimum atomic E-state index is -0.977. The van der Waals surface area contributed by atoms with Crippen molar-refractivity contribution in [2.45, 2.75) is 57.5 Å². The fourth-order valence-corrected chi connectivity index (χ4v) is 9.42. The highest BCUT2D eigenvalue weighted by Gasteiger charge is 2.49. The van der Waals surface area contributed by atoms with Crippen molar-refractivity contribution in [2.24, 2.45) is 5.41 Å². The van der Waals surface area contributed by atoms with Gasteiger partial charge in [0.05, 0.1) is 28.9 Å². The number of anilines is 3. The number of imide groups is 2. The predicted molar refractivity (Wildman–Crippen MR) is 205 cm³/mol. The SMILES string of the molecule is Cc1c(NC(=O)CN2CCN(C3CC4(CCN(c5ccc6c(c5)C(=O)N(C5CCC(=O)NC5=O)C6=O)CC4)C3)CC2)c[nH]c1/C=C1\C(=O)Nc2ccc(F)cc21. The normalized spacial score (nSPS) is 23.4. The number of H-pyrrole nitrogens is 1. The second-order valence-corrected chi connectivity index (χ2v) is 16.0. The summed E-state index contributed by atoms with van der Waals surface area (Å²) in [6.07, 6.45) is 8.00. The van der Waals surface area contributed by atoms with Gasteiger partial charge in [0.15, 0.2) is 0 Å². The molecule has 290 valence electrons. The number of fused-ring (bicyclic) bond motifs is 2. The molecule has 1 atom stereocenters. The zero-order valence-corrected chi connectivity index (χ0v) is 31.1. The van der Waals surface area contributed by atoms with Crippen molar-refractivity contribution in [2.75, 3.05) is 61.3 Å². The van der Waals surface area contributed by atoms with E-state index in [2.05, 4.69) is 35.6 Å². The molecular weight excluding hydrogens is 719 g/mol. The van der Waals surface area contributed by atoms with Crippen LogP contribution in [0.2, 0.25) is 0 Å². The Hall–Kier alpha value is -5.67. The number of hydrogen-bond donors (Lipinski definition) is 4. The van der Waals surface area contributed by atoms with Crippen molar-refractivity contribution >= 4 is 64.2 Å². The monoisotopic (exact) mass is 762 g/mol. The zero-order valence-electron chi connectivity index (χ0n) is 31.1. The van der Waals surface area contributed by atoms with Gasteiger partial charge in [-0.15, -0.1) is 0 Å². The van der Waals surface area contributed by atoms with Crippen molar-refractivity contribution in [3.63, 3.8) is 0 Å². The van der Waals surface area contributed by atoms with Crippen LogP contribution in [0.3, 0.4) is 0 Å². The number of hydrogen-bond acceptors (Lipinski definition) is 9. The molecular formula is C41H43FN8O6. The molecule has 6 aliphatic rings. The minimum absolute atomic E-state index is 0.0878. The van der Waals surface area contributed by atoms with E-state index in [1.54, 1.807) is 30.5 Å². The van der Waals surface area contributed by atoms with Gasteiger partial charge >= 0.3 is 0 Å². The molecule has 3 saturated heterocycles. The highest BCUT2D eigenvalue weighted by Crippen LogP contribution is 2.51. The molecule has 4 N–H and O–H groups in total. The number of carbonyl (C=O) groups is 6. The molecule has 6 heterocycles. The van der Waals surface area contributed by atoms with Crippen molar-refractivity contribution in [1.82, 2.24) is 25.0 Å². The highest BCUT2D eigenvalue weighted by molar-refractivity contribution is 6.35. The van der Waals surface area contributed by atoms with Crippen LogP contribution in [0.1, 0.15) is 76.1 Å². The largest absolute Gasteiger partial charge is 0.371 e. The number of piperidine rings is 2. The van der Waals surface area contributed by atoms with Crippen LogP contribution in [0.4, 0.5) is 21.5 Å². The number of nitrogens with one attached hydrogen (secondary N) is 4. The molecule has 2 aromatic carbocycles. The molecule has 9 rings (SSSR count). The van der Waals surface area contributed by atoms with E-state index in [1.165, 1.54) is 12.1 Å². The van der Waals surface area contributed by atoms with E-state index in [1.807, 2.05) is 13.0 Å². The van der Waals surface area contributed by atoms with Crippen molar-refractivity contribution in [1.29, 1.82) is 0 Å². The van der Waals surface area contributed by atoms with Crippen LogP contribution in [0.15, 0.2) is 42.6 Å². The summed E-state index contributed by atoms with van der Waals surface area (Å²) in [7, 11) is 0. The molecule has 3 aromatic rings. The number of aromatic amines is 1. The number of aromatic nitrogens is 1. The van der Waals surface area contributed by atoms with Gasteiger partial charge in [-0.25, -0.2) is 4.39 Å². The summed E-state index contributed by atoms with van der Waals surface area (Å²) in [6.45, 7) is 7.29. The molecule has 1 aromatic heterocycles. The summed E-state index contributed by atoms with van der Waals surface area (Å²) in [5.74, 6) is -2.82. The van der Waals surface area contributed by atoms with E-state index in [9.17, 15) is 33.2 Å². The number of rotatable bonds is 7. The summed E-state index contributed by atoms with van der Waals surface area (Å²) in [5.41, 5.74) is 5.32. The fourth-order valence-electron chi connectivity index (χ4n) is 9.42. The van der Waals surface area contributed by atoms with E-state index in [0.29, 0.717) is 50.8 Å². The second-order valence-electron chi connectivity index (χ2n) is 16.0. The third-order valence-electron chi connectivity index (χ3n) is 12.7. The smallest absolute Gasteiger partial charge is 0.262 e. The molecule has 1 spiro atoms. The molecule has 56 heavy (non-hydrogen) atoms. The first-order valence-corrected chi connectivity index (χ1v) is 19.3. The summed E-state index contributed by atoms with van der Waals surface area (Å²) in [6, 6.07) is 9.09. The maximum Gasteiger partial charge on any atom is 0.262 e. The van der Waals surface area contributed by atoms with Crippen LogP contribution >= 0.6 is 0 Å². The number of piperazine rings is 1. The van der Waals surface area contributed by atoms with Gasteiger partial charge < -0.3 is 20.5 Å². The summed E-state index contributed by atoms with van der Waals surface area (Å²) < 4.78 is 13.9. The van der Waals surface area contributed by atoms with Gasteiger partial charge in [0.1, 0.15) is 11.9 Å². The third kappa shape index (κ3) is 6.37. The lowest BCUT2D eigenvalue weighted by atomic mass is 9.60. The average molecular weight is 763 g/mol. The summed E-state index contributed by atoms with van der Waals surface area (Å²) in [4.78, 5) is 87.3. The molecule has 14 nitrogen and oxygen atoms in total. The quantitative estimate of drug-likeness (QED) is 0.209. The molecule has 6 amide bonds. The van der Waals surface area contributed by atoms with Gasteiger partial charge in [-0.3, -0.25) is 48.8 Å². The summed E-state index contributed by atoms with van der Waals surface area (Å²) >= 11 is 0. The van der Waals surface area contributed by atoms with Gasteiger partial charge in [0, 0.05) is 80.6 Å². The van der Waals surface area contributed by atoms with E-state index in [0.717, 1.165) is 81.1 Å². The molecule has 5 aliphatic heterocycles. The van der Waals surface area contributed by atoms with Crippen LogP contribution in [0.5, 0.6) is 0 Å². The Morgan fingerprint density at radius 2 is 1.66 bits per heavy atom. The van der Waals surface area contributed by atoms with Gasteiger partial charge in [0.25, 0.3) is 17.7 Å². The summed E-state index contributed by atoms with van der Waals surface area (Å²) in [5, 5.41) is 8.01. The third-order valence-corrected chi connectivity index (χ3v) is 12.7. The number of halogens is 1. The van der Waals surface area contributed by atoms with Crippen molar-refractivity contribution in [3.8, 4) is 0 Å². The second kappa shape index (κ2) is 13.8. The van der Waals surface area contributed by atoms with Crippen LogP contribution in [-0.4, -0.2) is 113 Å². The van der Waals surface area contributed by atoms with Crippen LogP contribution in [-0.2, 0) is 19.2 Å². The highest BCUT2D eigenvalue weighted by atomic mass is 19.1. The molecule has 4 fully saturated rings. The van der Waals surface area contributed by atoms with Gasteiger partial charge in [-0.05, 0) is 92.5 Å². The maximum absolute atomic E-state index is 13.9. The lowest BCUT2D eigenvalue weighted by Gasteiger charge is -2.56. The lowest BCUT2D eigenvalue weighted by molar-refractivity contribution is -0.136. The first kappa shape index (κ1) is 36.0. The van der Waals surface area contributed by atoms with E-state index in [-0.39, 0.29) is 31.2 Å². The van der Waals surface area contributed by atoms with Gasteiger partial charge in [-0.2, -0.15) is 0 Å². The first-order valence-electron chi connectivity index (χ1n) is 19.3. The van der Waals surface area contributed by atoms with Crippen LogP contribution in [0.25, 0.3) is 11.6 Å². The van der Waals surface area contributed by atoms with E-state index < -0.39 is 35.5 Å².